The summed E-state index contributed by atoms with van der Waals surface area (Å²) in [4.78, 5) is 20.2. The Labute approximate surface area is 192 Å². The van der Waals surface area contributed by atoms with Gasteiger partial charge in [-0.05, 0) is 61.3 Å². The van der Waals surface area contributed by atoms with Crippen LogP contribution in [0.3, 0.4) is 0 Å². The van der Waals surface area contributed by atoms with E-state index in [1.807, 2.05) is 24.1 Å². The highest BCUT2D eigenvalue weighted by molar-refractivity contribution is 6.01. The molecule has 1 heterocycles. The number of anilines is 1. The molecule has 0 N–H and O–H groups in total. The number of hydrogen-bond acceptors (Lipinski definition) is 3. The molecule has 3 aromatic rings. The molecule has 0 spiro atoms. The van der Waals surface area contributed by atoms with Gasteiger partial charge < -0.3 is 14.7 Å². The molecule has 1 fully saturated rings. The molecule has 0 atom stereocenters. The number of carbonyl (C=O) groups excluding carboxylic acids is 1. The molecule has 4 rings (SSSR count). The van der Waals surface area contributed by atoms with Crippen LogP contribution in [0.1, 0.15) is 27.0 Å². The first-order chi connectivity index (χ1) is 15.4. The third-order valence-corrected chi connectivity index (χ3v) is 6.39. The van der Waals surface area contributed by atoms with Crippen LogP contribution >= 0.6 is 0 Å². The van der Waals surface area contributed by atoms with Gasteiger partial charge in [0.05, 0.1) is 0 Å². The summed E-state index contributed by atoms with van der Waals surface area (Å²) in [6.07, 6.45) is 0. The fourth-order valence-corrected chi connectivity index (χ4v) is 4.44. The van der Waals surface area contributed by atoms with Gasteiger partial charge in [0.1, 0.15) is 0 Å². The van der Waals surface area contributed by atoms with Crippen LogP contribution in [0.15, 0.2) is 66.7 Å². The molecule has 1 saturated heterocycles. The number of nitrogens with zero attached hydrogens (tertiary/aromatic N) is 3. The molecule has 166 valence electrons. The van der Waals surface area contributed by atoms with E-state index in [2.05, 4.69) is 85.3 Å². The zero-order chi connectivity index (χ0) is 22.7. The van der Waals surface area contributed by atoms with E-state index in [4.69, 9.17) is 0 Å². The van der Waals surface area contributed by atoms with Crippen molar-refractivity contribution in [2.24, 2.45) is 0 Å². The number of piperazine rings is 1. The molecule has 0 saturated carbocycles. The van der Waals surface area contributed by atoms with E-state index in [1.54, 1.807) is 0 Å². The van der Waals surface area contributed by atoms with Gasteiger partial charge in [-0.25, -0.2) is 0 Å². The van der Waals surface area contributed by atoms with Crippen molar-refractivity contribution in [1.29, 1.82) is 0 Å². The van der Waals surface area contributed by atoms with Gasteiger partial charge in [0.2, 0.25) is 0 Å². The second-order valence-corrected chi connectivity index (χ2v) is 8.99. The number of likely N-dealkylation sites (N-methyl/N-ethyl adjacent to an activating group) is 1. The average molecular weight is 428 g/mol. The highest BCUT2D eigenvalue weighted by Gasteiger charge is 2.21. The number of benzene rings is 3. The Balaban J connectivity index is 1.68. The molecule has 1 amide bonds. The van der Waals surface area contributed by atoms with Crippen LogP contribution in [0.4, 0.5) is 5.69 Å². The van der Waals surface area contributed by atoms with Gasteiger partial charge >= 0.3 is 0 Å². The van der Waals surface area contributed by atoms with Gasteiger partial charge in [0.25, 0.3) is 5.91 Å². The second kappa shape index (κ2) is 9.58. The lowest BCUT2D eigenvalue weighted by Crippen LogP contribution is -2.44. The Bertz CT molecular complexity index is 1100. The molecule has 4 heteroatoms. The summed E-state index contributed by atoms with van der Waals surface area (Å²) in [5.74, 6) is 0.0506. The van der Waals surface area contributed by atoms with E-state index in [9.17, 15) is 4.79 Å². The third-order valence-electron chi connectivity index (χ3n) is 6.39. The minimum Gasteiger partial charge on any atom is -0.369 e. The van der Waals surface area contributed by atoms with Gasteiger partial charge in [0.15, 0.2) is 0 Å². The number of aryl methyl sites for hydroxylation is 2. The highest BCUT2D eigenvalue weighted by Crippen LogP contribution is 2.32. The van der Waals surface area contributed by atoms with Gasteiger partial charge in [-0.15, -0.1) is 0 Å². The van der Waals surface area contributed by atoms with Crippen molar-refractivity contribution in [3.8, 4) is 11.1 Å². The minimum absolute atomic E-state index is 0.0506. The van der Waals surface area contributed by atoms with Crippen LogP contribution in [0.2, 0.25) is 0 Å². The van der Waals surface area contributed by atoms with Crippen LogP contribution in [0.5, 0.6) is 0 Å². The maximum Gasteiger partial charge on any atom is 0.254 e. The summed E-state index contributed by atoms with van der Waals surface area (Å²) in [5.41, 5.74) is 7.62. The first kappa shape index (κ1) is 22.1. The highest BCUT2D eigenvalue weighted by atomic mass is 16.2. The maximum atomic E-state index is 13.6. The van der Waals surface area contributed by atoms with Crippen molar-refractivity contribution in [3.05, 3.63) is 89.0 Å². The lowest BCUT2D eigenvalue weighted by Gasteiger charge is -2.34. The monoisotopic (exact) mass is 427 g/mol. The van der Waals surface area contributed by atoms with Crippen LogP contribution in [0.25, 0.3) is 11.1 Å². The minimum atomic E-state index is 0.0506. The summed E-state index contributed by atoms with van der Waals surface area (Å²) in [5, 5.41) is 0. The fraction of sp³-hybridized carbons (Fsp3) is 0.321. The van der Waals surface area contributed by atoms with Crippen molar-refractivity contribution in [3.63, 3.8) is 0 Å². The van der Waals surface area contributed by atoms with Gasteiger partial charge in [-0.3, -0.25) is 4.79 Å². The van der Waals surface area contributed by atoms with E-state index in [0.717, 1.165) is 48.4 Å². The summed E-state index contributed by atoms with van der Waals surface area (Å²) < 4.78 is 0. The van der Waals surface area contributed by atoms with E-state index >= 15 is 0 Å². The molecule has 0 aromatic heterocycles. The smallest absolute Gasteiger partial charge is 0.254 e. The molecule has 3 aromatic carbocycles. The molecular formula is C28H33N3O. The third kappa shape index (κ3) is 4.86. The molecule has 4 nitrogen and oxygen atoms in total. The summed E-state index contributed by atoms with van der Waals surface area (Å²) >= 11 is 0. The zero-order valence-corrected chi connectivity index (χ0v) is 19.6. The second-order valence-electron chi connectivity index (χ2n) is 8.99. The van der Waals surface area contributed by atoms with Crippen LogP contribution < -0.4 is 4.90 Å². The number of rotatable bonds is 5. The molecule has 0 unspecified atom stereocenters. The van der Waals surface area contributed by atoms with Gasteiger partial charge in [0, 0.05) is 51.0 Å². The van der Waals surface area contributed by atoms with Crippen molar-refractivity contribution in [1.82, 2.24) is 9.80 Å². The predicted octanol–water partition coefficient (Wildman–Crippen LogP) is 4.99. The summed E-state index contributed by atoms with van der Waals surface area (Å²) in [6.45, 7) is 8.91. The van der Waals surface area contributed by atoms with E-state index in [0.29, 0.717) is 6.54 Å². The Morgan fingerprint density at radius 1 is 0.875 bits per heavy atom. The van der Waals surface area contributed by atoms with Crippen molar-refractivity contribution < 1.29 is 4.79 Å². The molecule has 32 heavy (non-hydrogen) atoms. The number of amides is 1. The Morgan fingerprint density at radius 2 is 1.62 bits per heavy atom. The van der Waals surface area contributed by atoms with Crippen LogP contribution in [-0.2, 0) is 6.54 Å². The van der Waals surface area contributed by atoms with E-state index in [1.165, 1.54) is 16.8 Å². The molecule has 0 aliphatic carbocycles. The molecule has 0 radical (unpaired) electrons. The summed E-state index contributed by atoms with van der Waals surface area (Å²) in [6, 6.07) is 23.0. The van der Waals surface area contributed by atoms with E-state index in [-0.39, 0.29) is 5.91 Å². The first-order valence-electron chi connectivity index (χ1n) is 11.4. The maximum absolute atomic E-state index is 13.6. The zero-order valence-electron chi connectivity index (χ0n) is 19.6. The fourth-order valence-electron chi connectivity index (χ4n) is 4.44. The van der Waals surface area contributed by atoms with Crippen molar-refractivity contribution in [2.75, 3.05) is 45.2 Å². The Hall–Kier alpha value is -3.11. The van der Waals surface area contributed by atoms with Gasteiger partial charge in [-0.1, -0.05) is 54.1 Å². The SMILES string of the molecule is Cc1cccc(CN(C)C(=O)c2ccc(N3CCN(C)CC3)cc2-c2ccccc2C)c1. The largest absolute Gasteiger partial charge is 0.369 e. The van der Waals surface area contributed by atoms with Crippen molar-refractivity contribution >= 4 is 11.6 Å². The molecule has 1 aliphatic heterocycles. The Kier molecular flexibility index (Phi) is 6.61. The standard InChI is InChI=1S/C28H33N3O/c1-21-8-7-10-23(18-21)20-30(4)28(32)26-13-12-24(31-16-14-29(3)15-17-31)19-27(26)25-11-6-5-9-22(25)2/h5-13,18-19H,14-17,20H2,1-4H3. The first-order valence-corrected chi connectivity index (χ1v) is 11.4. The lowest BCUT2D eigenvalue weighted by molar-refractivity contribution is 0.0786. The van der Waals surface area contributed by atoms with Crippen molar-refractivity contribution in [2.45, 2.75) is 20.4 Å². The summed E-state index contributed by atoms with van der Waals surface area (Å²) in [7, 11) is 4.06. The average Bonchev–Trinajstić information content (AvgIpc) is 2.79. The molecule has 0 bridgehead atoms. The number of hydrogen-bond donors (Lipinski definition) is 0. The van der Waals surface area contributed by atoms with E-state index < -0.39 is 0 Å². The Morgan fingerprint density at radius 3 is 2.34 bits per heavy atom. The number of carbonyl (C=O) groups is 1. The lowest BCUT2D eigenvalue weighted by atomic mass is 9.94. The topological polar surface area (TPSA) is 26.8 Å². The van der Waals surface area contributed by atoms with Crippen LogP contribution in [0, 0.1) is 13.8 Å². The van der Waals surface area contributed by atoms with Gasteiger partial charge in [-0.2, -0.15) is 0 Å². The normalized spacial score (nSPS) is 14.4. The quantitative estimate of drug-likeness (QED) is 0.574. The predicted molar refractivity (Wildman–Crippen MR) is 133 cm³/mol. The van der Waals surface area contributed by atoms with Crippen LogP contribution in [-0.4, -0.2) is 56.0 Å². The molecular weight excluding hydrogens is 394 g/mol. The molecule has 1 aliphatic rings.